The topological polar surface area (TPSA) is 57.8 Å². The fourth-order valence-electron chi connectivity index (χ4n) is 3.17. The molecule has 1 aliphatic rings. The van der Waals surface area contributed by atoms with Crippen LogP contribution in [0.3, 0.4) is 0 Å². The van der Waals surface area contributed by atoms with Gasteiger partial charge in [-0.25, -0.2) is 4.98 Å². The summed E-state index contributed by atoms with van der Waals surface area (Å²) >= 11 is 0. The smallest absolute Gasteiger partial charge is 0.220 e. The van der Waals surface area contributed by atoms with Crippen LogP contribution in [0, 0.1) is 5.92 Å². The summed E-state index contributed by atoms with van der Waals surface area (Å²) in [5, 5.41) is 3.19. The van der Waals surface area contributed by atoms with Gasteiger partial charge in [0, 0.05) is 18.9 Å². The molecular weight excluding hydrogens is 262 g/mol. The standard InChI is InChI=1S/C17H23N3O/c1-12-6-2-3-7-13(12)20-17(21)11-10-16-18-14-8-4-5-9-15(14)19-16/h4-5,8-9,12-13H,2-3,6-7,10-11H2,1H3,(H,18,19)(H,20,21)/t12-,13+/m0/s1. The highest BCUT2D eigenvalue weighted by atomic mass is 16.1. The van der Waals surface area contributed by atoms with E-state index in [2.05, 4.69) is 22.2 Å². The van der Waals surface area contributed by atoms with Crippen molar-refractivity contribution in [2.24, 2.45) is 5.92 Å². The van der Waals surface area contributed by atoms with Crippen LogP contribution in [0.25, 0.3) is 11.0 Å². The summed E-state index contributed by atoms with van der Waals surface area (Å²) in [6, 6.07) is 8.32. The maximum atomic E-state index is 12.1. The van der Waals surface area contributed by atoms with E-state index in [4.69, 9.17) is 0 Å². The molecule has 1 fully saturated rings. The fraction of sp³-hybridized carbons (Fsp3) is 0.529. The Labute approximate surface area is 125 Å². The number of H-pyrrole nitrogens is 1. The van der Waals surface area contributed by atoms with E-state index in [-0.39, 0.29) is 5.91 Å². The van der Waals surface area contributed by atoms with Gasteiger partial charge in [0.2, 0.25) is 5.91 Å². The molecule has 2 N–H and O–H groups in total. The molecule has 0 bridgehead atoms. The Kier molecular flexibility index (Phi) is 4.23. The Hall–Kier alpha value is -1.84. The van der Waals surface area contributed by atoms with Gasteiger partial charge >= 0.3 is 0 Å². The van der Waals surface area contributed by atoms with E-state index in [1.54, 1.807) is 0 Å². The van der Waals surface area contributed by atoms with Gasteiger partial charge < -0.3 is 10.3 Å². The highest BCUT2D eigenvalue weighted by Crippen LogP contribution is 2.23. The van der Waals surface area contributed by atoms with E-state index in [0.29, 0.717) is 24.8 Å². The van der Waals surface area contributed by atoms with Crippen molar-refractivity contribution in [3.05, 3.63) is 30.1 Å². The summed E-state index contributed by atoms with van der Waals surface area (Å²) in [6.45, 7) is 2.24. The lowest BCUT2D eigenvalue weighted by Gasteiger charge is -2.29. The zero-order valence-corrected chi connectivity index (χ0v) is 12.6. The Bertz CT molecular complexity index is 586. The number of carbonyl (C=O) groups excluding carboxylic acids is 1. The third kappa shape index (κ3) is 3.43. The maximum Gasteiger partial charge on any atom is 0.220 e. The van der Waals surface area contributed by atoms with E-state index in [1.807, 2.05) is 24.3 Å². The molecule has 2 aromatic rings. The van der Waals surface area contributed by atoms with Gasteiger partial charge in [0.1, 0.15) is 5.82 Å². The van der Waals surface area contributed by atoms with Crippen LogP contribution in [0.4, 0.5) is 0 Å². The van der Waals surface area contributed by atoms with Crippen LogP contribution in [-0.2, 0) is 11.2 Å². The fourth-order valence-corrected chi connectivity index (χ4v) is 3.17. The molecule has 1 heterocycles. The minimum absolute atomic E-state index is 0.147. The first-order chi connectivity index (χ1) is 10.2. The molecule has 0 saturated heterocycles. The first kappa shape index (κ1) is 14.1. The monoisotopic (exact) mass is 285 g/mol. The van der Waals surface area contributed by atoms with Crippen molar-refractivity contribution in [1.82, 2.24) is 15.3 Å². The molecule has 0 spiro atoms. The lowest BCUT2D eigenvalue weighted by atomic mass is 9.86. The molecule has 3 rings (SSSR count). The molecule has 2 atom stereocenters. The zero-order valence-electron chi connectivity index (χ0n) is 12.6. The molecule has 4 nitrogen and oxygen atoms in total. The van der Waals surface area contributed by atoms with Crippen LogP contribution in [-0.4, -0.2) is 21.9 Å². The first-order valence-corrected chi connectivity index (χ1v) is 7.95. The molecule has 0 unspecified atom stereocenters. The van der Waals surface area contributed by atoms with Gasteiger partial charge in [-0.1, -0.05) is 31.9 Å². The SMILES string of the molecule is C[C@H]1CCCC[C@H]1NC(=O)CCc1nc2ccccc2[nH]1. The molecule has 21 heavy (non-hydrogen) atoms. The number of hydrogen-bond acceptors (Lipinski definition) is 2. The van der Waals surface area contributed by atoms with Gasteiger partial charge in [-0.2, -0.15) is 0 Å². The summed E-state index contributed by atoms with van der Waals surface area (Å²) < 4.78 is 0. The first-order valence-electron chi connectivity index (χ1n) is 7.95. The van der Waals surface area contributed by atoms with Gasteiger partial charge in [0.05, 0.1) is 11.0 Å². The van der Waals surface area contributed by atoms with Crippen LogP contribution in [0.1, 0.15) is 44.9 Å². The molecule has 0 radical (unpaired) electrons. The number of aromatic amines is 1. The van der Waals surface area contributed by atoms with Crippen molar-refractivity contribution in [2.45, 2.75) is 51.5 Å². The van der Waals surface area contributed by atoms with Crippen molar-refractivity contribution >= 4 is 16.9 Å². The van der Waals surface area contributed by atoms with E-state index < -0.39 is 0 Å². The van der Waals surface area contributed by atoms with Crippen LogP contribution < -0.4 is 5.32 Å². The summed E-state index contributed by atoms with van der Waals surface area (Å²) in [7, 11) is 0. The van der Waals surface area contributed by atoms with Gasteiger partial charge in [-0.05, 0) is 30.9 Å². The number of aryl methyl sites for hydroxylation is 1. The summed E-state index contributed by atoms with van der Waals surface area (Å²) in [4.78, 5) is 19.9. The quantitative estimate of drug-likeness (QED) is 0.906. The summed E-state index contributed by atoms with van der Waals surface area (Å²) in [6.07, 6.45) is 6.06. The van der Waals surface area contributed by atoms with Gasteiger partial charge in [0.15, 0.2) is 0 Å². The maximum absolute atomic E-state index is 12.1. The number of nitrogens with zero attached hydrogens (tertiary/aromatic N) is 1. The number of rotatable bonds is 4. The van der Waals surface area contributed by atoms with Crippen molar-refractivity contribution in [2.75, 3.05) is 0 Å². The zero-order chi connectivity index (χ0) is 14.7. The number of hydrogen-bond donors (Lipinski definition) is 2. The molecule has 0 aliphatic heterocycles. The Balaban J connectivity index is 1.53. The third-order valence-electron chi connectivity index (χ3n) is 4.49. The van der Waals surface area contributed by atoms with Crippen molar-refractivity contribution < 1.29 is 4.79 Å². The van der Waals surface area contributed by atoms with Crippen molar-refractivity contribution in [3.63, 3.8) is 0 Å². The van der Waals surface area contributed by atoms with Crippen LogP contribution in [0.15, 0.2) is 24.3 Å². The third-order valence-corrected chi connectivity index (χ3v) is 4.49. The largest absolute Gasteiger partial charge is 0.353 e. The van der Waals surface area contributed by atoms with Gasteiger partial charge in [0.25, 0.3) is 0 Å². The van der Waals surface area contributed by atoms with E-state index in [1.165, 1.54) is 19.3 Å². The van der Waals surface area contributed by atoms with Gasteiger partial charge in [-0.15, -0.1) is 0 Å². The molecular formula is C17H23N3O. The molecule has 1 amide bonds. The molecule has 1 aliphatic carbocycles. The predicted molar refractivity (Wildman–Crippen MR) is 84.0 cm³/mol. The number of carbonyl (C=O) groups is 1. The van der Waals surface area contributed by atoms with Crippen molar-refractivity contribution in [3.8, 4) is 0 Å². The number of amides is 1. The molecule has 1 saturated carbocycles. The van der Waals surface area contributed by atoms with Crippen LogP contribution in [0.2, 0.25) is 0 Å². The number of fused-ring (bicyclic) bond motifs is 1. The van der Waals surface area contributed by atoms with E-state index >= 15 is 0 Å². The second-order valence-corrected chi connectivity index (χ2v) is 6.14. The normalized spacial score (nSPS) is 22.3. The van der Waals surface area contributed by atoms with E-state index in [0.717, 1.165) is 23.3 Å². The second-order valence-electron chi connectivity index (χ2n) is 6.14. The average Bonchev–Trinajstić information content (AvgIpc) is 2.90. The average molecular weight is 285 g/mol. The number of para-hydroxylation sites is 2. The lowest BCUT2D eigenvalue weighted by molar-refractivity contribution is -0.122. The lowest BCUT2D eigenvalue weighted by Crippen LogP contribution is -2.41. The number of aromatic nitrogens is 2. The Morgan fingerprint density at radius 3 is 2.95 bits per heavy atom. The molecule has 4 heteroatoms. The van der Waals surface area contributed by atoms with Gasteiger partial charge in [-0.3, -0.25) is 4.79 Å². The second kappa shape index (κ2) is 6.29. The predicted octanol–water partition coefficient (Wildman–Crippen LogP) is 3.19. The summed E-state index contributed by atoms with van der Waals surface area (Å²) in [5.41, 5.74) is 2.00. The highest BCUT2D eigenvalue weighted by molar-refractivity contribution is 5.77. The molecule has 112 valence electrons. The molecule has 1 aromatic carbocycles. The minimum Gasteiger partial charge on any atom is -0.353 e. The minimum atomic E-state index is 0.147. The van der Waals surface area contributed by atoms with Crippen LogP contribution in [0.5, 0.6) is 0 Å². The van der Waals surface area contributed by atoms with Crippen LogP contribution >= 0.6 is 0 Å². The highest BCUT2D eigenvalue weighted by Gasteiger charge is 2.22. The molecule has 1 aromatic heterocycles. The van der Waals surface area contributed by atoms with Crippen molar-refractivity contribution in [1.29, 1.82) is 0 Å². The Morgan fingerprint density at radius 1 is 1.33 bits per heavy atom. The Morgan fingerprint density at radius 2 is 2.14 bits per heavy atom. The van der Waals surface area contributed by atoms with E-state index in [9.17, 15) is 4.79 Å². The summed E-state index contributed by atoms with van der Waals surface area (Å²) in [5.74, 6) is 1.64. The number of nitrogens with one attached hydrogen (secondary N) is 2. The number of imidazole rings is 1. The number of benzene rings is 1.